The van der Waals surface area contributed by atoms with Gasteiger partial charge in [-0.1, -0.05) is 30.7 Å². The van der Waals surface area contributed by atoms with E-state index in [0.29, 0.717) is 12.8 Å². The first-order valence-corrected chi connectivity index (χ1v) is 11.4. The number of amides is 1. The predicted octanol–water partition coefficient (Wildman–Crippen LogP) is 4.13. The fourth-order valence-electron chi connectivity index (χ4n) is 4.61. The number of piperidine rings is 1. The van der Waals surface area contributed by atoms with Crippen LogP contribution in [0.25, 0.3) is 11.0 Å². The summed E-state index contributed by atoms with van der Waals surface area (Å²) in [6.45, 7) is 2.96. The van der Waals surface area contributed by atoms with Crippen molar-refractivity contribution in [1.82, 2.24) is 19.9 Å². The Labute approximate surface area is 188 Å². The van der Waals surface area contributed by atoms with Crippen LogP contribution in [0.5, 0.6) is 5.75 Å². The number of fused-ring (bicyclic) bond motifs is 1. The number of imidazole rings is 1. The molecule has 0 bridgehead atoms. The summed E-state index contributed by atoms with van der Waals surface area (Å²) in [7, 11) is 1.66. The van der Waals surface area contributed by atoms with Gasteiger partial charge in [0.05, 0.1) is 24.2 Å². The van der Waals surface area contributed by atoms with Crippen molar-refractivity contribution in [2.45, 2.75) is 38.1 Å². The lowest BCUT2D eigenvalue weighted by atomic mass is 10.0. The maximum absolute atomic E-state index is 13.3. The fourth-order valence-corrected chi connectivity index (χ4v) is 4.61. The van der Waals surface area contributed by atoms with Crippen LogP contribution < -0.4 is 4.74 Å². The van der Waals surface area contributed by atoms with Gasteiger partial charge in [-0.15, -0.1) is 0 Å². The molecule has 1 N–H and O–H groups in total. The molecular weight excluding hydrogens is 402 g/mol. The van der Waals surface area contributed by atoms with Crippen molar-refractivity contribution in [3.63, 3.8) is 0 Å². The van der Waals surface area contributed by atoms with Gasteiger partial charge >= 0.3 is 0 Å². The Bertz CT molecular complexity index is 1080. The topological polar surface area (TPSA) is 73.8 Å². The summed E-state index contributed by atoms with van der Waals surface area (Å²) in [6, 6.07) is 15.7. The van der Waals surface area contributed by atoms with Crippen LogP contribution in [-0.2, 0) is 4.79 Å². The van der Waals surface area contributed by atoms with E-state index < -0.39 is 0 Å². The highest BCUT2D eigenvalue weighted by atomic mass is 16.5. The molecule has 1 atom stereocenters. The summed E-state index contributed by atoms with van der Waals surface area (Å²) < 4.78 is 5.31. The van der Waals surface area contributed by atoms with Crippen molar-refractivity contribution in [2.75, 3.05) is 26.7 Å². The third-order valence-electron chi connectivity index (χ3n) is 6.42. The number of carbonyl (C=O) groups is 1. The monoisotopic (exact) mass is 431 g/mol. The minimum Gasteiger partial charge on any atom is -0.497 e. The molecule has 1 saturated heterocycles. The number of hydrogen-bond donors (Lipinski definition) is 1. The molecule has 3 aromatic rings. The van der Waals surface area contributed by atoms with E-state index in [4.69, 9.17) is 14.8 Å². The highest BCUT2D eigenvalue weighted by molar-refractivity contribution is 6.02. The van der Waals surface area contributed by atoms with E-state index in [2.05, 4.69) is 9.88 Å². The lowest BCUT2D eigenvalue weighted by molar-refractivity contribution is -0.133. The first kappa shape index (κ1) is 20.7. The summed E-state index contributed by atoms with van der Waals surface area (Å²) in [5, 5.41) is 6.45. The summed E-state index contributed by atoms with van der Waals surface area (Å²) in [5.41, 5.74) is 3.74. The SMILES string of the molecule is COc1ccc([C@H]2CC(c3nc4ccccc4[nH]3)=NN2C(=O)CCN2CCCCC2)cc1. The van der Waals surface area contributed by atoms with E-state index in [1.807, 2.05) is 48.5 Å². The molecule has 2 aliphatic heterocycles. The number of aromatic nitrogens is 2. The largest absolute Gasteiger partial charge is 0.497 e. The molecule has 2 aliphatic rings. The number of hydrogen-bond acceptors (Lipinski definition) is 5. The smallest absolute Gasteiger partial charge is 0.244 e. The molecule has 0 spiro atoms. The number of rotatable bonds is 6. The number of para-hydroxylation sites is 2. The molecule has 0 unspecified atom stereocenters. The normalized spacial score (nSPS) is 19.3. The molecule has 0 saturated carbocycles. The number of benzene rings is 2. The molecule has 7 nitrogen and oxygen atoms in total. The van der Waals surface area contributed by atoms with E-state index in [9.17, 15) is 4.79 Å². The molecule has 1 fully saturated rings. The van der Waals surface area contributed by atoms with Gasteiger partial charge in [0, 0.05) is 19.4 Å². The second-order valence-corrected chi connectivity index (χ2v) is 8.53. The number of ether oxygens (including phenoxy) is 1. The number of nitrogens with one attached hydrogen (secondary N) is 1. The summed E-state index contributed by atoms with van der Waals surface area (Å²) in [4.78, 5) is 23.7. The number of H-pyrrole nitrogens is 1. The molecule has 166 valence electrons. The van der Waals surface area contributed by atoms with E-state index in [0.717, 1.165) is 53.5 Å². The molecule has 0 aliphatic carbocycles. The first-order chi connectivity index (χ1) is 15.7. The average Bonchev–Trinajstić information content (AvgIpc) is 3.48. The maximum atomic E-state index is 13.3. The molecule has 0 radical (unpaired) electrons. The number of nitrogens with zero attached hydrogens (tertiary/aromatic N) is 4. The lowest BCUT2D eigenvalue weighted by Gasteiger charge is -2.27. The van der Waals surface area contributed by atoms with Gasteiger partial charge in [-0.2, -0.15) is 5.10 Å². The Morgan fingerprint density at radius 1 is 1.09 bits per heavy atom. The van der Waals surface area contributed by atoms with Gasteiger partial charge in [0.15, 0.2) is 5.82 Å². The quantitative estimate of drug-likeness (QED) is 0.637. The number of likely N-dealkylation sites (tertiary alicyclic amines) is 1. The molecular formula is C25H29N5O2. The second-order valence-electron chi connectivity index (χ2n) is 8.53. The highest BCUT2D eigenvalue weighted by Gasteiger charge is 2.34. The van der Waals surface area contributed by atoms with Crippen molar-refractivity contribution in [1.29, 1.82) is 0 Å². The zero-order valence-corrected chi connectivity index (χ0v) is 18.5. The van der Waals surface area contributed by atoms with Crippen LogP contribution in [0.15, 0.2) is 53.6 Å². The molecule has 1 amide bonds. The number of aromatic amines is 1. The highest BCUT2D eigenvalue weighted by Crippen LogP contribution is 2.34. The zero-order valence-electron chi connectivity index (χ0n) is 18.5. The van der Waals surface area contributed by atoms with Crippen LogP contribution >= 0.6 is 0 Å². The third-order valence-corrected chi connectivity index (χ3v) is 6.42. The molecule has 2 aromatic carbocycles. The van der Waals surface area contributed by atoms with Gasteiger partial charge in [0.1, 0.15) is 11.5 Å². The van der Waals surface area contributed by atoms with Crippen LogP contribution in [0.4, 0.5) is 0 Å². The number of hydrazone groups is 1. The lowest BCUT2D eigenvalue weighted by Crippen LogP contribution is -2.35. The van der Waals surface area contributed by atoms with E-state index >= 15 is 0 Å². The van der Waals surface area contributed by atoms with Crippen LogP contribution in [-0.4, -0.2) is 58.2 Å². The van der Waals surface area contributed by atoms with Gasteiger partial charge in [-0.25, -0.2) is 9.99 Å². The van der Waals surface area contributed by atoms with Gasteiger partial charge in [-0.05, 0) is 55.8 Å². The molecule has 3 heterocycles. The van der Waals surface area contributed by atoms with Gasteiger partial charge < -0.3 is 14.6 Å². The Morgan fingerprint density at radius 2 is 1.88 bits per heavy atom. The minimum absolute atomic E-state index is 0.0579. The van der Waals surface area contributed by atoms with Crippen molar-refractivity contribution >= 4 is 22.7 Å². The van der Waals surface area contributed by atoms with Crippen LogP contribution in [0.3, 0.4) is 0 Å². The third kappa shape index (κ3) is 4.25. The first-order valence-electron chi connectivity index (χ1n) is 11.4. The van der Waals surface area contributed by atoms with Crippen LogP contribution in [0.1, 0.15) is 49.5 Å². The fraction of sp³-hybridized carbons (Fsp3) is 0.400. The maximum Gasteiger partial charge on any atom is 0.244 e. The van der Waals surface area contributed by atoms with E-state index in [-0.39, 0.29) is 11.9 Å². The number of methoxy groups -OCH3 is 1. The standard InChI is InChI=1S/C25H29N5O2/c1-32-19-11-9-18(10-12-19)23-17-22(25-26-20-7-3-4-8-21(20)27-25)28-30(23)24(31)13-16-29-14-5-2-6-15-29/h3-4,7-12,23H,2,5-6,13-17H2,1H3,(H,26,27)/t23-/m1/s1. The van der Waals surface area contributed by atoms with Crippen LogP contribution in [0, 0.1) is 0 Å². The Kier molecular flexibility index (Phi) is 5.90. The number of carbonyl (C=O) groups excluding carboxylic acids is 1. The van der Waals surface area contributed by atoms with E-state index in [1.165, 1.54) is 19.3 Å². The zero-order chi connectivity index (χ0) is 21.9. The second kappa shape index (κ2) is 9.12. The van der Waals surface area contributed by atoms with Crippen molar-refractivity contribution < 1.29 is 9.53 Å². The average molecular weight is 432 g/mol. The van der Waals surface area contributed by atoms with E-state index in [1.54, 1.807) is 12.1 Å². The Morgan fingerprint density at radius 3 is 2.62 bits per heavy atom. The van der Waals surface area contributed by atoms with Gasteiger partial charge in [0.2, 0.25) is 5.91 Å². The Hall–Kier alpha value is -3.19. The molecule has 1 aromatic heterocycles. The molecule has 7 heteroatoms. The summed E-state index contributed by atoms with van der Waals surface area (Å²) in [6.07, 6.45) is 4.84. The summed E-state index contributed by atoms with van der Waals surface area (Å²) in [5.74, 6) is 1.59. The summed E-state index contributed by atoms with van der Waals surface area (Å²) >= 11 is 0. The molecule has 5 rings (SSSR count). The van der Waals surface area contributed by atoms with Crippen molar-refractivity contribution in [3.05, 3.63) is 59.9 Å². The minimum atomic E-state index is -0.141. The van der Waals surface area contributed by atoms with Crippen molar-refractivity contribution in [2.24, 2.45) is 5.10 Å². The van der Waals surface area contributed by atoms with Crippen molar-refractivity contribution in [3.8, 4) is 5.75 Å². The predicted molar refractivity (Wildman–Crippen MR) is 125 cm³/mol. The van der Waals surface area contributed by atoms with Gasteiger partial charge in [0.25, 0.3) is 0 Å². The van der Waals surface area contributed by atoms with Crippen LogP contribution in [0.2, 0.25) is 0 Å². The Balaban J connectivity index is 1.39. The van der Waals surface area contributed by atoms with Gasteiger partial charge in [-0.3, -0.25) is 4.79 Å². The molecule has 32 heavy (non-hydrogen) atoms.